The van der Waals surface area contributed by atoms with Gasteiger partial charge in [0.05, 0.1) is 6.54 Å². The summed E-state index contributed by atoms with van der Waals surface area (Å²) in [7, 11) is 3.87. The Hall–Kier alpha value is -1.53. The Morgan fingerprint density at radius 2 is 2.33 bits per heavy atom. The topological polar surface area (TPSA) is 28.2 Å². The molecular weight excluding hydrogens is 186 g/mol. The highest BCUT2D eigenvalue weighted by Gasteiger charge is 2.04. The van der Waals surface area contributed by atoms with Crippen molar-refractivity contribution in [3.8, 4) is 12.3 Å². The highest BCUT2D eigenvalue weighted by atomic mass is 15.1. The molecule has 3 heteroatoms. The zero-order valence-corrected chi connectivity index (χ0v) is 9.49. The monoisotopic (exact) mass is 203 g/mol. The Morgan fingerprint density at radius 1 is 1.60 bits per heavy atom. The summed E-state index contributed by atoms with van der Waals surface area (Å²) in [6.07, 6.45) is 7.12. The summed E-state index contributed by atoms with van der Waals surface area (Å²) in [6, 6.07) is 4.38. The van der Waals surface area contributed by atoms with Gasteiger partial charge in [0, 0.05) is 19.3 Å². The number of aromatic nitrogens is 1. The van der Waals surface area contributed by atoms with Crippen LogP contribution < -0.4 is 10.2 Å². The van der Waals surface area contributed by atoms with E-state index in [2.05, 4.69) is 29.2 Å². The molecule has 15 heavy (non-hydrogen) atoms. The molecule has 1 heterocycles. The zero-order chi connectivity index (χ0) is 11.3. The van der Waals surface area contributed by atoms with Crippen LogP contribution in [0.1, 0.15) is 18.5 Å². The van der Waals surface area contributed by atoms with Crippen molar-refractivity contribution in [3.63, 3.8) is 0 Å². The van der Waals surface area contributed by atoms with Gasteiger partial charge in [-0.2, -0.15) is 0 Å². The molecule has 0 aliphatic rings. The Kier molecular flexibility index (Phi) is 4.14. The summed E-state index contributed by atoms with van der Waals surface area (Å²) in [5.74, 6) is 3.49. The maximum Gasteiger partial charge on any atom is 0.129 e. The van der Waals surface area contributed by atoms with Crippen molar-refractivity contribution in [1.29, 1.82) is 0 Å². The van der Waals surface area contributed by atoms with E-state index in [0.29, 0.717) is 12.6 Å². The van der Waals surface area contributed by atoms with E-state index in [9.17, 15) is 0 Å². The Balaban J connectivity index is 2.77. The number of nitrogens with zero attached hydrogens (tertiary/aromatic N) is 2. The molecule has 0 fully saturated rings. The first kappa shape index (κ1) is 11.5. The quantitative estimate of drug-likeness (QED) is 0.750. The number of hydrogen-bond acceptors (Lipinski definition) is 3. The van der Waals surface area contributed by atoms with Crippen LogP contribution in [0.2, 0.25) is 0 Å². The number of pyridine rings is 1. The third-order valence-electron chi connectivity index (χ3n) is 2.42. The Bertz CT molecular complexity index is 337. The van der Waals surface area contributed by atoms with Crippen LogP contribution in [0.3, 0.4) is 0 Å². The average Bonchev–Trinajstić information content (AvgIpc) is 2.28. The largest absolute Gasteiger partial charge is 0.349 e. The number of nitrogens with one attached hydrogen (secondary N) is 1. The van der Waals surface area contributed by atoms with Gasteiger partial charge in [-0.3, -0.25) is 0 Å². The number of hydrogen-bond donors (Lipinski definition) is 1. The lowest BCUT2D eigenvalue weighted by Crippen LogP contribution is -2.19. The van der Waals surface area contributed by atoms with Gasteiger partial charge in [0.1, 0.15) is 5.82 Å². The Morgan fingerprint density at radius 3 is 2.80 bits per heavy atom. The fraction of sp³-hybridized carbons (Fsp3) is 0.417. The lowest BCUT2D eigenvalue weighted by atomic mass is 10.1. The highest BCUT2D eigenvalue weighted by Crippen LogP contribution is 2.14. The lowest BCUT2D eigenvalue weighted by Gasteiger charge is -2.16. The number of terminal acetylenes is 1. The van der Waals surface area contributed by atoms with Gasteiger partial charge in [-0.15, -0.1) is 6.42 Å². The summed E-state index contributed by atoms with van der Waals surface area (Å²) in [5.41, 5.74) is 1.18. The maximum absolute atomic E-state index is 5.24. The first-order valence-electron chi connectivity index (χ1n) is 4.97. The number of anilines is 1. The predicted molar refractivity (Wildman–Crippen MR) is 63.8 cm³/mol. The van der Waals surface area contributed by atoms with Crippen LogP contribution in [0.4, 0.5) is 5.82 Å². The van der Waals surface area contributed by atoms with Gasteiger partial charge in [0.15, 0.2) is 0 Å². The summed E-state index contributed by atoms with van der Waals surface area (Å²) < 4.78 is 0. The molecule has 1 aromatic rings. The fourth-order valence-electron chi connectivity index (χ4n) is 1.26. The third kappa shape index (κ3) is 2.97. The first-order valence-corrected chi connectivity index (χ1v) is 4.97. The van der Waals surface area contributed by atoms with Gasteiger partial charge in [-0.1, -0.05) is 12.0 Å². The van der Waals surface area contributed by atoms with Crippen LogP contribution in [-0.4, -0.2) is 25.6 Å². The molecule has 0 radical (unpaired) electrons. The normalized spacial score (nSPS) is 11.9. The standard InChI is InChI=1S/C12H17N3/c1-5-8-15(4)12-7-6-11(9-14-12)10(2)13-3/h1,6-7,9-10,13H,8H2,2-4H3. The lowest BCUT2D eigenvalue weighted by molar-refractivity contribution is 0.649. The zero-order valence-electron chi connectivity index (χ0n) is 9.49. The highest BCUT2D eigenvalue weighted by molar-refractivity contribution is 5.40. The van der Waals surface area contributed by atoms with E-state index in [1.807, 2.05) is 31.3 Å². The fourth-order valence-corrected chi connectivity index (χ4v) is 1.26. The molecular formula is C12H17N3. The van der Waals surface area contributed by atoms with Crippen molar-refractivity contribution in [2.45, 2.75) is 13.0 Å². The van der Waals surface area contributed by atoms with E-state index in [1.165, 1.54) is 5.56 Å². The van der Waals surface area contributed by atoms with Crippen molar-refractivity contribution < 1.29 is 0 Å². The first-order chi connectivity index (χ1) is 7.19. The van der Waals surface area contributed by atoms with Crippen molar-refractivity contribution in [2.75, 3.05) is 25.5 Å². The van der Waals surface area contributed by atoms with E-state index in [1.54, 1.807) is 0 Å². The molecule has 3 nitrogen and oxygen atoms in total. The van der Waals surface area contributed by atoms with Gasteiger partial charge < -0.3 is 10.2 Å². The molecule has 80 valence electrons. The molecule has 1 rings (SSSR count). The van der Waals surface area contributed by atoms with Crippen molar-refractivity contribution in [3.05, 3.63) is 23.9 Å². The molecule has 1 aromatic heterocycles. The minimum atomic E-state index is 0.324. The van der Waals surface area contributed by atoms with Crippen molar-refractivity contribution >= 4 is 5.82 Å². The molecule has 0 aliphatic heterocycles. The summed E-state index contributed by atoms with van der Waals surface area (Å²) >= 11 is 0. The minimum Gasteiger partial charge on any atom is -0.349 e. The van der Waals surface area contributed by atoms with Gasteiger partial charge in [-0.05, 0) is 25.6 Å². The van der Waals surface area contributed by atoms with E-state index < -0.39 is 0 Å². The van der Waals surface area contributed by atoms with Crippen LogP contribution in [-0.2, 0) is 0 Å². The molecule has 0 saturated heterocycles. The van der Waals surface area contributed by atoms with Gasteiger partial charge in [0.2, 0.25) is 0 Å². The SMILES string of the molecule is C#CCN(C)c1ccc(C(C)NC)cn1. The number of rotatable bonds is 4. The average molecular weight is 203 g/mol. The van der Waals surface area contributed by atoms with Crippen LogP contribution in [0, 0.1) is 12.3 Å². The van der Waals surface area contributed by atoms with Gasteiger partial charge in [0.25, 0.3) is 0 Å². The molecule has 0 amide bonds. The molecule has 1 atom stereocenters. The molecule has 0 spiro atoms. The van der Waals surface area contributed by atoms with E-state index >= 15 is 0 Å². The van der Waals surface area contributed by atoms with E-state index in [-0.39, 0.29) is 0 Å². The van der Waals surface area contributed by atoms with Crippen LogP contribution in [0.5, 0.6) is 0 Å². The van der Waals surface area contributed by atoms with Crippen LogP contribution >= 0.6 is 0 Å². The molecule has 1 N–H and O–H groups in total. The molecule has 0 saturated carbocycles. The van der Waals surface area contributed by atoms with E-state index in [0.717, 1.165) is 5.82 Å². The smallest absolute Gasteiger partial charge is 0.129 e. The van der Waals surface area contributed by atoms with Gasteiger partial charge in [-0.25, -0.2) is 4.98 Å². The maximum atomic E-state index is 5.24. The molecule has 1 unspecified atom stereocenters. The summed E-state index contributed by atoms with van der Waals surface area (Å²) in [6.45, 7) is 2.68. The van der Waals surface area contributed by atoms with E-state index in [4.69, 9.17) is 6.42 Å². The van der Waals surface area contributed by atoms with Crippen molar-refractivity contribution in [1.82, 2.24) is 10.3 Å². The van der Waals surface area contributed by atoms with Crippen molar-refractivity contribution in [2.24, 2.45) is 0 Å². The molecule has 0 aromatic carbocycles. The molecule has 0 aliphatic carbocycles. The Labute approximate surface area is 91.5 Å². The molecule has 0 bridgehead atoms. The third-order valence-corrected chi connectivity index (χ3v) is 2.42. The van der Waals surface area contributed by atoms with Gasteiger partial charge >= 0.3 is 0 Å². The summed E-state index contributed by atoms with van der Waals surface area (Å²) in [4.78, 5) is 6.29. The van der Waals surface area contributed by atoms with Crippen LogP contribution in [0.15, 0.2) is 18.3 Å². The minimum absolute atomic E-state index is 0.324. The predicted octanol–water partition coefficient (Wildman–Crippen LogP) is 1.43. The van der Waals surface area contributed by atoms with Crippen LogP contribution in [0.25, 0.3) is 0 Å². The second-order valence-corrected chi connectivity index (χ2v) is 3.52. The summed E-state index contributed by atoms with van der Waals surface area (Å²) in [5, 5.41) is 3.17. The second kappa shape index (κ2) is 5.38. The second-order valence-electron chi connectivity index (χ2n) is 3.52.